The summed E-state index contributed by atoms with van der Waals surface area (Å²) in [6.45, 7) is 8.77. The van der Waals surface area contributed by atoms with E-state index in [0.29, 0.717) is 18.1 Å². The molecule has 3 heteroatoms. The lowest BCUT2D eigenvalue weighted by atomic mass is 9.93. The van der Waals surface area contributed by atoms with E-state index in [4.69, 9.17) is 4.74 Å². The molecule has 19 heavy (non-hydrogen) atoms. The molecule has 2 heterocycles. The van der Waals surface area contributed by atoms with Crippen LogP contribution in [0.25, 0.3) is 0 Å². The summed E-state index contributed by atoms with van der Waals surface area (Å²) in [7, 11) is 0. The fourth-order valence-electron chi connectivity index (χ4n) is 3.44. The molecule has 1 aromatic rings. The van der Waals surface area contributed by atoms with Crippen LogP contribution in [0.5, 0.6) is 0 Å². The highest BCUT2D eigenvalue weighted by Crippen LogP contribution is 2.25. The van der Waals surface area contributed by atoms with E-state index in [1.807, 2.05) is 0 Å². The normalized spacial score (nSPS) is 31.6. The fraction of sp³-hybridized carbons (Fsp3) is 0.625. The van der Waals surface area contributed by atoms with Crippen molar-refractivity contribution in [1.82, 2.24) is 4.90 Å². The Bertz CT molecular complexity index is 425. The molecule has 3 rings (SSSR count). The lowest BCUT2D eigenvalue weighted by molar-refractivity contribution is -0.0711. The zero-order valence-corrected chi connectivity index (χ0v) is 11.9. The van der Waals surface area contributed by atoms with Gasteiger partial charge in [-0.05, 0) is 37.8 Å². The molecule has 2 aliphatic heterocycles. The van der Waals surface area contributed by atoms with Gasteiger partial charge in [0.1, 0.15) is 0 Å². The molecule has 0 bridgehead atoms. The monoisotopic (exact) mass is 260 g/mol. The van der Waals surface area contributed by atoms with Crippen LogP contribution in [-0.2, 0) is 11.2 Å². The molecule has 0 amide bonds. The maximum Gasteiger partial charge on any atom is 0.0678 e. The van der Waals surface area contributed by atoms with E-state index in [2.05, 4.69) is 48.3 Å². The highest BCUT2D eigenvalue weighted by atomic mass is 16.5. The van der Waals surface area contributed by atoms with Gasteiger partial charge in [-0.25, -0.2) is 0 Å². The van der Waals surface area contributed by atoms with Crippen molar-refractivity contribution in [1.29, 1.82) is 0 Å². The van der Waals surface area contributed by atoms with Crippen LogP contribution in [0.4, 0.5) is 5.69 Å². The molecule has 104 valence electrons. The first-order valence-electron chi connectivity index (χ1n) is 7.40. The minimum Gasteiger partial charge on any atom is -0.384 e. The summed E-state index contributed by atoms with van der Waals surface area (Å²) in [5.41, 5.74) is 2.79. The summed E-state index contributed by atoms with van der Waals surface area (Å²) in [5.74, 6) is 0.715. The molecule has 1 fully saturated rings. The third kappa shape index (κ3) is 3.10. The highest BCUT2D eigenvalue weighted by Gasteiger charge is 2.26. The standard InChI is InChI=1S/C16H24N2O/c1-12-9-18(10-13(2)19-12)11-14-7-15-5-3-4-6-16(15)17-8-14/h3-6,12-14,17H,7-11H2,1-2H3. The molecule has 3 unspecified atom stereocenters. The average Bonchev–Trinajstić information content (AvgIpc) is 2.37. The lowest BCUT2D eigenvalue weighted by Crippen LogP contribution is -2.48. The predicted molar refractivity (Wildman–Crippen MR) is 78.6 cm³/mol. The number of para-hydroxylation sites is 1. The van der Waals surface area contributed by atoms with Crippen molar-refractivity contribution in [2.24, 2.45) is 5.92 Å². The van der Waals surface area contributed by atoms with Crippen molar-refractivity contribution in [3.63, 3.8) is 0 Å². The Morgan fingerprint density at radius 1 is 1.21 bits per heavy atom. The largest absolute Gasteiger partial charge is 0.384 e. The summed E-state index contributed by atoms with van der Waals surface area (Å²) in [4.78, 5) is 2.57. The van der Waals surface area contributed by atoms with Gasteiger partial charge in [-0.1, -0.05) is 18.2 Å². The number of hydrogen-bond donors (Lipinski definition) is 1. The molecule has 0 spiro atoms. The Hall–Kier alpha value is -1.06. The third-order valence-electron chi connectivity index (χ3n) is 4.12. The van der Waals surface area contributed by atoms with E-state index in [9.17, 15) is 0 Å². The molecule has 0 radical (unpaired) electrons. The van der Waals surface area contributed by atoms with Crippen LogP contribution in [0.3, 0.4) is 0 Å². The first-order chi connectivity index (χ1) is 9.20. The minimum absolute atomic E-state index is 0.368. The molecule has 3 atom stereocenters. The van der Waals surface area contributed by atoms with Crippen LogP contribution >= 0.6 is 0 Å². The lowest BCUT2D eigenvalue weighted by Gasteiger charge is -2.38. The number of nitrogens with one attached hydrogen (secondary N) is 1. The zero-order valence-electron chi connectivity index (χ0n) is 11.9. The third-order valence-corrected chi connectivity index (χ3v) is 4.12. The molecular formula is C16H24N2O. The van der Waals surface area contributed by atoms with E-state index in [1.165, 1.54) is 24.2 Å². The average molecular weight is 260 g/mol. The molecular weight excluding hydrogens is 236 g/mol. The summed E-state index contributed by atoms with van der Waals surface area (Å²) in [5, 5.41) is 3.57. The maximum atomic E-state index is 5.80. The summed E-state index contributed by atoms with van der Waals surface area (Å²) >= 11 is 0. The Kier molecular flexibility index (Phi) is 3.76. The minimum atomic E-state index is 0.368. The van der Waals surface area contributed by atoms with E-state index in [-0.39, 0.29) is 0 Å². The van der Waals surface area contributed by atoms with Crippen molar-refractivity contribution in [2.75, 3.05) is 31.5 Å². The van der Waals surface area contributed by atoms with Gasteiger partial charge in [-0.2, -0.15) is 0 Å². The second-order valence-corrected chi connectivity index (χ2v) is 6.08. The molecule has 2 aliphatic rings. The van der Waals surface area contributed by atoms with Crippen LogP contribution in [0.15, 0.2) is 24.3 Å². The number of anilines is 1. The molecule has 0 aliphatic carbocycles. The molecule has 1 aromatic carbocycles. The molecule has 1 saturated heterocycles. The van der Waals surface area contributed by atoms with Crippen LogP contribution in [0.2, 0.25) is 0 Å². The quantitative estimate of drug-likeness (QED) is 0.883. The SMILES string of the molecule is CC1CN(CC2CNc3ccccc3C2)CC(C)O1. The summed E-state index contributed by atoms with van der Waals surface area (Å²) in [6.07, 6.45) is 1.93. The number of morpholine rings is 1. The van der Waals surface area contributed by atoms with Crippen LogP contribution in [0.1, 0.15) is 19.4 Å². The Balaban J connectivity index is 1.60. The van der Waals surface area contributed by atoms with Gasteiger partial charge >= 0.3 is 0 Å². The van der Waals surface area contributed by atoms with E-state index in [0.717, 1.165) is 19.6 Å². The Labute approximate surface area is 115 Å². The number of benzene rings is 1. The van der Waals surface area contributed by atoms with Crippen molar-refractivity contribution in [2.45, 2.75) is 32.5 Å². The number of ether oxygens (including phenoxy) is 1. The van der Waals surface area contributed by atoms with Crippen molar-refractivity contribution < 1.29 is 4.74 Å². The summed E-state index contributed by atoms with van der Waals surface area (Å²) < 4.78 is 5.80. The predicted octanol–water partition coefficient (Wildman–Crippen LogP) is 2.38. The Morgan fingerprint density at radius 2 is 1.95 bits per heavy atom. The zero-order chi connectivity index (χ0) is 13.2. The van der Waals surface area contributed by atoms with Crippen LogP contribution < -0.4 is 5.32 Å². The first-order valence-corrected chi connectivity index (χ1v) is 7.40. The Morgan fingerprint density at radius 3 is 2.74 bits per heavy atom. The van der Waals surface area contributed by atoms with Gasteiger partial charge in [0.15, 0.2) is 0 Å². The number of fused-ring (bicyclic) bond motifs is 1. The second kappa shape index (κ2) is 5.51. The second-order valence-electron chi connectivity index (χ2n) is 6.08. The van der Waals surface area contributed by atoms with Crippen molar-refractivity contribution in [3.8, 4) is 0 Å². The molecule has 3 nitrogen and oxygen atoms in total. The van der Waals surface area contributed by atoms with E-state index >= 15 is 0 Å². The number of nitrogens with zero attached hydrogens (tertiary/aromatic N) is 1. The van der Waals surface area contributed by atoms with Gasteiger partial charge in [-0.15, -0.1) is 0 Å². The highest BCUT2D eigenvalue weighted by molar-refractivity contribution is 5.53. The van der Waals surface area contributed by atoms with Gasteiger partial charge in [0.2, 0.25) is 0 Å². The summed E-state index contributed by atoms with van der Waals surface area (Å²) in [6, 6.07) is 8.68. The fourth-order valence-corrected chi connectivity index (χ4v) is 3.44. The van der Waals surface area contributed by atoms with Gasteiger partial charge in [0.25, 0.3) is 0 Å². The van der Waals surface area contributed by atoms with Crippen molar-refractivity contribution in [3.05, 3.63) is 29.8 Å². The van der Waals surface area contributed by atoms with E-state index < -0.39 is 0 Å². The number of rotatable bonds is 2. The van der Waals surface area contributed by atoms with Gasteiger partial charge in [-0.3, -0.25) is 4.90 Å². The molecule has 1 N–H and O–H groups in total. The van der Waals surface area contributed by atoms with Gasteiger partial charge < -0.3 is 10.1 Å². The number of hydrogen-bond acceptors (Lipinski definition) is 3. The van der Waals surface area contributed by atoms with Gasteiger partial charge in [0, 0.05) is 31.9 Å². The molecule has 0 saturated carbocycles. The van der Waals surface area contributed by atoms with E-state index in [1.54, 1.807) is 0 Å². The van der Waals surface area contributed by atoms with Crippen LogP contribution in [0, 0.1) is 5.92 Å². The smallest absolute Gasteiger partial charge is 0.0678 e. The van der Waals surface area contributed by atoms with Crippen LogP contribution in [-0.4, -0.2) is 43.3 Å². The maximum absolute atomic E-state index is 5.80. The molecule has 0 aromatic heterocycles. The first kappa shape index (κ1) is 12.9. The van der Waals surface area contributed by atoms with Gasteiger partial charge in [0.05, 0.1) is 12.2 Å². The van der Waals surface area contributed by atoms with Crippen molar-refractivity contribution >= 4 is 5.69 Å². The topological polar surface area (TPSA) is 24.5 Å².